The van der Waals surface area contributed by atoms with E-state index in [9.17, 15) is 38.2 Å². The summed E-state index contributed by atoms with van der Waals surface area (Å²) in [5.41, 5.74) is -4.15. The summed E-state index contributed by atoms with van der Waals surface area (Å²) in [6.45, 7) is 7.28. The molecule has 0 aliphatic rings. The van der Waals surface area contributed by atoms with E-state index in [4.69, 9.17) is 34.4 Å². The maximum absolute atomic E-state index is 13.9. The number of phosphoric acid groups is 1. The molecule has 0 saturated heterocycles. The average molecular weight is 785 g/mol. The maximum atomic E-state index is 13.9. The number of nitrogens with zero attached hydrogens (tertiary/aromatic N) is 1. The van der Waals surface area contributed by atoms with Crippen molar-refractivity contribution in [3.8, 4) is 12.3 Å². The lowest BCUT2D eigenvalue weighted by Crippen LogP contribution is -2.48. The molecule has 0 rings (SSSR count). The van der Waals surface area contributed by atoms with Crippen LogP contribution in [0.3, 0.4) is 0 Å². The quantitative estimate of drug-likeness (QED) is 0.0206. The summed E-state index contributed by atoms with van der Waals surface area (Å²) in [7, 11) is -0.903. The smallest absolute Gasteiger partial charge is 0.462 e. The van der Waals surface area contributed by atoms with Crippen LogP contribution in [0.2, 0.25) is 0 Å². The van der Waals surface area contributed by atoms with Gasteiger partial charge in [0, 0.05) is 12.0 Å². The van der Waals surface area contributed by atoms with E-state index >= 15 is 0 Å². The zero-order valence-corrected chi connectivity index (χ0v) is 32.1. The number of terminal acetylenes is 1. The number of ketones is 1. The Balaban J connectivity index is 6.25. The SMILES string of the molecule is C#CCOC(=O)C(C)(CC(C)(C)C=O)CC(CC)(CC(C)(Br)C(=O)OCCOP(=O)(O)OCCN(C)C)C(=O)OCCOC(=O)CC(C)=O. The normalized spacial score (nSPS) is 16.4. The first-order valence-corrected chi connectivity index (χ1v) is 17.8. The number of carbonyl (C=O) groups excluding carboxylic acids is 6. The van der Waals surface area contributed by atoms with Crippen molar-refractivity contribution in [3.63, 3.8) is 0 Å². The number of phosphoric ester groups is 1. The van der Waals surface area contributed by atoms with Gasteiger partial charge in [-0.05, 0) is 60.5 Å². The Morgan fingerprint density at radius 3 is 1.94 bits per heavy atom. The van der Waals surface area contributed by atoms with E-state index in [2.05, 4.69) is 21.9 Å². The van der Waals surface area contributed by atoms with Crippen LogP contribution in [0.1, 0.15) is 73.6 Å². The van der Waals surface area contributed by atoms with Crippen LogP contribution in [0.25, 0.3) is 0 Å². The Hall–Kier alpha value is -2.67. The summed E-state index contributed by atoms with van der Waals surface area (Å²) < 4.78 is 41.2. The van der Waals surface area contributed by atoms with Gasteiger partial charge in [-0.15, -0.1) is 6.42 Å². The number of halogens is 1. The van der Waals surface area contributed by atoms with Gasteiger partial charge in [0.15, 0.2) is 6.61 Å². The van der Waals surface area contributed by atoms with Gasteiger partial charge in [-0.2, -0.15) is 0 Å². The van der Waals surface area contributed by atoms with E-state index in [0.717, 1.165) is 0 Å². The Morgan fingerprint density at radius 1 is 0.857 bits per heavy atom. The molecule has 0 saturated carbocycles. The summed E-state index contributed by atoms with van der Waals surface area (Å²) in [5.74, 6) is -1.49. The minimum atomic E-state index is -4.41. The maximum Gasteiger partial charge on any atom is 0.472 e. The highest BCUT2D eigenvalue weighted by Gasteiger charge is 2.54. The molecular formula is C32H51BrNO14P. The van der Waals surface area contributed by atoms with Crippen LogP contribution in [0.5, 0.6) is 0 Å². The van der Waals surface area contributed by atoms with Gasteiger partial charge >= 0.3 is 31.7 Å². The summed E-state index contributed by atoms with van der Waals surface area (Å²) in [6, 6.07) is 0. The highest BCUT2D eigenvalue weighted by atomic mass is 79.9. The molecule has 4 atom stereocenters. The second-order valence-electron chi connectivity index (χ2n) is 13.1. The third-order valence-electron chi connectivity index (χ3n) is 7.22. The topological polar surface area (TPSA) is 198 Å². The van der Waals surface area contributed by atoms with E-state index in [1.54, 1.807) is 39.8 Å². The Kier molecular flexibility index (Phi) is 19.7. The zero-order chi connectivity index (χ0) is 38.1. The van der Waals surface area contributed by atoms with Gasteiger partial charge in [-0.3, -0.25) is 33.0 Å². The molecule has 0 aromatic rings. The van der Waals surface area contributed by atoms with Crippen molar-refractivity contribution < 1.29 is 66.2 Å². The molecule has 0 radical (unpaired) electrons. The molecule has 0 bridgehead atoms. The van der Waals surface area contributed by atoms with Crippen molar-refractivity contribution in [2.24, 2.45) is 16.2 Å². The van der Waals surface area contributed by atoms with E-state index in [1.807, 2.05) is 0 Å². The minimum absolute atomic E-state index is 0.0189. The van der Waals surface area contributed by atoms with Gasteiger partial charge in [-0.25, -0.2) is 4.57 Å². The number of ether oxygens (including phenoxy) is 4. The average Bonchev–Trinajstić information content (AvgIpc) is 2.98. The Morgan fingerprint density at radius 2 is 1.41 bits per heavy atom. The molecule has 0 spiro atoms. The van der Waals surface area contributed by atoms with Crippen LogP contribution in [0.15, 0.2) is 0 Å². The molecule has 0 aliphatic heterocycles. The van der Waals surface area contributed by atoms with Crippen molar-refractivity contribution in [1.82, 2.24) is 4.90 Å². The van der Waals surface area contributed by atoms with E-state index in [1.165, 1.54) is 20.8 Å². The van der Waals surface area contributed by atoms with Crippen molar-refractivity contribution in [2.45, 2.75) is 78.0 Å². The number of rotatable bonds is 25. The van der Waals surface area contributed by atoms with Crippen molar-refractivity contribution >= 4 is 59.7 Å². The van der Waals surface area contributed by atoms with Crippen LogP contribution in [0.4, 0.5) is 0 Å². The van der Waals surface area contributed by atoms with Crippen LogP contribution >= 0.6 is 23.8 Å². The van der Waals surface area contributed by atoms with Crippen molar-refractivity contribution in [2.75, 3.05) is 60.3 Å². The standard InChI is InChI=1S/C32H51BrNO14P/c1-10-13-44-26(38)30(6,20-29(4,5)23-35)21-32(11-2,28(40)46-16-15-43-25(37)19-24(3)36)22-31(7,33)27(39)45-17-18-48-49(41,42)47-14-12-34(8)9/h1,23H,11-22H2,2-9H3,(H,41,42). The van der Waals surface area contributed by atoms with E-state index < -0.39 is 84.3 Å². The predicted octanol–water partition coefficient (Wildman–Crippen LogP) is 3.42. The second kappa shape index (κ2) is 20.9. The molecule has 49 heavy (non-hydrogen) atoms. The van der Waals surface area contributed by atoms with Crippen LogP contribution in [-0.4, -0.2) is 110 Å². The molecule has 0 heterocycles. The molecular weight excluding hydrogens is 733 g/mol. The predicted molar refractivity (Wildman–Crippen MR) is 180 cm³/mol. The van der Waals surface area contributed by atoms with Gasteiger partial charge in [0.05, 0.1) is 24.0 Å². The molecule has 1 N–H and O–H groups in total. The largest absolute Gasteiger partial charge is 0.472 e. The van der Waals surface area contributed by atoms with Gasteiger partial charge in [0.1, 0.15) is 42.6 Å². The molecule has 17 heteroatoms. The lowest BCUT2D eigenvalue weighted by Gasteiger charge is -2.42. The van der Waals surface area contributed by atoms with Gasteiger partial charge in [0.25, 0.3) is 0 Å². The van der Waals surface area contributed by atoms with Gasteiger partial charge in [0.2, 0.25) is 0 Å². The Labute approximate surface area is 297 Å². The number of carbonyl (C=O) groups is 6. The Bertz CT molecular complexity index is 1250. The monoisotopic (exact) mass is 783 g/mol. The third-order valence-corrected chi connectivity index (χ3v) is 8.84. The summed E-state index contributed by atoms with van der Waals surface area (Å²) >= 11 is 3.36. The number of likely N-dealkylation sites (N-methyl/N-ethyl adjacent to an activating group) is 1. The fourth-order valence-corrected chi connectivity index (χ4v) is 6.45. The number of esters is 4. The van der Waals surface area contributed by atoms with Crippen LogP contribution < -0.4 is 0 Å². The molecule has 0 aromatic heterocycles. The molecule has 0 fully saturated rings. The van der Waals surface area contributed by atoms with Gasteiger partial charge < -0.3 is 33.5 Å². The highest BCUT2D eigenvalue weighted by molar-refractivity contribution is 9.10. The van der Waals surface area contributed by atoms with Crippen LogP contribution in [0, 0.1) is 28.6 Å². The number of alkyl halides is 1. The highest BCUT2D eigenvalue weighted by Crippen LogP contribution is 2.50. The number of hydrogen-bond donors (Lipinski definition) is 1. The summed E-state index contributed by atoms with van der Waals surface area (Å²) in [5, 5.41) is 0. The van der Waals surface area contributed by atoms with Crippen LogP contribution in [-0.2, 0) is 61.3 Å². The van der Waals surface area contributed by atoms with E-state index in [0.29, 0.717) is 12.8 Å². The molecule has 0 aliphatic carbocycles. The third kappa shape index (κ3) is 17.7. The fourth-order valence-electron chi connectivity index (χ4n) is 5.10. The zero-order valence-electron chi connectivity index (χ0n) is 29.7. The first-order chi connectivity index (χ1) is 22.5. The fraction of sp³-hybridized carbons (Fsp3) is 0.750. The van der Waals surface area contributed by atoms with E-state index in [-0.39, 0.29) is 45.5 Å². The number of Topliss-reactive ketones (excluding diaryl/α,β-unsaturated/α-hetero) is 1. The molecule has 0 amide bonds. The molecule has 15 nitrogen and oxygen atoms in total. The van der Waals surface area contributed by atoms with Crippen molar-refractivity contribution in [3.05, 3.63) is 0 Å². The molecule has 4 unspecified atom stereocenters. The van der Waals surface area contributed by atoms with Gasteiger partial charge in [-0.1, -0.05) is 42.6 Å². The minimum Gasteiger partial charge on any atom is -0.462 e. The van der Waals surface area contributed by atoms with Crippen molar-refractivity contribution in [1.29, 1.82) is 0 Å². The molecule has 0 aromatic carbocycles. The lowest BCUT2D eigenvalue weighted by atomic mass is 9.62. The number of hydrogen-bond acceptors (Lipinski definition) is 14. The first kappa shape index (κ1) is 46.3. The first-order valence-electron chi connectivity index (χ1n) is 15.5. The molecule has 280 valence electrons. The lowest BCUT2D eigenvalue weighted by molar-refractivity contribution is -0.170. The second-order valence-corrected chi connectivity index (χ2v) is 16.3. The number of aldehydes is 1. The summed E-state index contributed by atoms with van der Waals surface area (Å²) in [4.78, 5) is 87.2. The summed E-state index contributed by atoms with van der Waals surface area (Å²) in [6.07, 6.45) is 4.90.